The topological polar surface area (TPSA) is 37.8 Å². The lowest BCUT2D eigenvalue weighted by Gasteiger charge is -2.26. The molecular formula is C14H15N3. The molecule has 3 heterocycles. The number of rotatable bonds is 0. The summed E-state index contributed by atoms with van der Waals surface area (Å²) >= 11 is 0. The molecule has 2 aromatic rings. The molecule has 2 aliphatic heterocycles. The molecule has 2 bridgehead atoms. The zero-order chi connectivity index (χ0) is 11.2. The monoisotopic (exact) mass is 225 g/mol. The van der Waals surface area contributed by atoms with Crippen LogP contribution in [0.5, 0.6) is 0 Å². The molecule has 1 N–H and O–H groups in total. The van der Waals surface area contributed by atoms with Crippen LogP contribution < -0.4 is 5.32 Å². The quantitative estimate of drug-likeness (QED) is 0.747. The summed E-state index contributed by atoms with van der Waals surface area (Å²) in [5, 5.41) is 3.57. The highest BCUT2D eigenvalue weighted by Gasteiger charge is 2.30. The van der Waals surface area contributed by atoms with Crippen LogP contribution in [-0.4, -0.2) is 23.1 Å². The molecule has 1 aromatic heterocycles. The van der Waals surface area contributed by atoms with Crippen molar-refractivity contribution in [2.45, 2.75) is 24.7 Å². The van der Waals surface area contributed by atoms with Crippen LogP contribution in [0.15, 0.2) is 24.5 Å². The second-order valence-corrected chi connectivity index (χ2v) is 5.16. The highest BCUT2D eigenvalue weighted by Crippen LogP contribution is 2.41. The summed E-state index contributed by atoms with van der Waals surface area (Å²) in [7, 11) is 0. The van der Waals surface area contributed by atoms with Gasteiger partial charge in [-0.05, 0) is 47.9 Å². The summed E-state index contributed by atoms with van der Waals surface area (Å²) in [5.41, 5.74) is 5.11. The standard InChI is InChI=1S/C14H15N3/c1-2-10-8-15-7-9(1)11-5-13-14(6-12(10)11)17-4-3-16-13/h3-6,9-10,15H,1-2,7-8H2. The molecule has 0 radical (unpaired) electrons. The fourth-order valence-electron chi connectivity index (χ4n) is 3.32. The first-order valence-corrected chi connectivity index (χ1v) is 6.37. The molecule has 3 nitrogen and oxygen atoms in total. The first-order chi connectivity index (χ1) is 8.42. The fourth-order valence-corrected chi connectivity index (χ4v) is 3.32. The maximum atomic E-state index is 4.42. The van der Waals surface area contributed by atoms with E-state index in [0.29, 0.717) is 11.8 Å². The van der Waals surface area contributed by atoms with Crippen LogP contribution in [-0.2, 0) is 0 Å². The molecule has 5 rings (SSSR count). The molecule has 2 atom stereocenters. The molecule has 0 amide bonds. The van der Waals surface area contributed by atoms with E-state index in [0.717, 1.165) is 24.1 Å². The van der Waals surface area contributed by atoms with Crippen molar-refractivity contribution in [2.24, 2.45) is 0 Å². The predicted octanol–water partition coefficient (Wildman–Crippen LogP) is 2.19. The Morgan fingerprint density at radius 3 is 1.94 bits per heavy atom. The Morgan fingerprint density at radius 2 is 1.41 bits per heavy atom. The Labute approximate surface area is 100 Å². The molecular weight excluding hydrogens is 210 g/mol. The average Bonchev–Trinajstić information content (AvgIpc) is 2.71. The number of nitrogens with one attached hydrogen (secondary N) is 1. The van der Waals surface area contributed by atoms with Gasteiger partial charge in [0.1, 0.15) is 0 Å². The number of benzene rings is 1. The normalized spacial score (nSPS) is 26.8. The van der Waals surface area contributed by atoms with Gasteiger partial charge in [0, 0.05) is 25.5 Å². The third-order valence-electron chi connectivity index (χ3n) is 4.20. The minimum absolute atomic E-state index is 0.676. The molecule has 2 unspecified atom stereocenters. The van der Waals surface area contributed by atoms with E-state index in [-0.39, 0.29) is 0 Å². The number of hydrogen-bond acceptors (Lipinski definition) is 3. The lowest BCUT2D eigenvalue weighted by molar-refractivity contribution is 0.550. The third-order valence-corrected chi connectivity index (χ3v) is 4.20. The lowest BCUT2D eigenvalue weighted by Crippen LogP contribution is -2.18. The second-order valence-electron chi connectivity index (χ2n) is 5.16. The van der Waals surface area contributed by atoms with Gasteiger partial charge in [0.05, 0.1) is 11.0 Å². The van der Waals surface area contributed by atoms with Crippen LogP contribution in [0, 0.1) is 0 Å². The van der Waals surface area contributed by atoms with E-state index in [2.05, 4.69) is 27.4 Å². The average molecular weight is 225 g/mol. The molecule has 1 aromatic carbocycles. The zero-order valence-electron chi connectivity index (χ0n) is 9.69. The number of hydrogen-bond donors (Lipinski definition) is 1. The summed E-state index contributed by atoms with van der Waals surface area (Å²) in [6, 6.07) is 4.53. The van der Waals surface area contributed by atoms with E-state index in [1.54, 1.807) is 12.4 Å². The first-order valence-electron chi connectivity index (χ1n) is 6.37. The highest BCUT2D eigenvalue weighted by molar-refractivity contribution is 5.76. The van der Waals surface area contributed by atoms with Gasteiger partial charge in [-0.3, -0.25) is 9.97 Å². The summed E-state index contributed by atoms with van der Waals surface area (Å²) in [4.78, 5) is 8.84. The maximum Gasteiger partial charge on any atom is 0.0889 e. The Balaban J connectivity index is 2.01. The molecule has 17 heavy (non-hydrogen) atoms. The second kappa shape index (κ2) is 3.50. The fraction of sp³-hybridized carbons (Fsp3) is 0.429. The molecule has 86 valence electrons. The Hall–Kier alpha value is -1.48. The van der Waals surface area contributed by atoms with Gasteiger partial charge in [0.15, 0.2) is 0 Å². The van der Waals surface area contributed by atoms with Gasteiger partial charge in [-0.25, -0.2) is 0 Å². The highest BCUT2D eigenvalue weighted by atomic mass is 14.9. The van der Waals surface area contributed by atoms with Crippen molar-refractivity contribution < 1.29 is 0 Å². The van der Waals surface area contributed by atoms with Crippen LogP contribution in [0.25, 0.3) is 11.0 Å². The van der Waals surface area contributed by atoms with Crippen LogP contribution in [0.4, 0.5) is 0 Å². The molecule has 3 aliphatic rings. The minimum Gasteiger partial charge on any atom is -0.316 e. The van der Waals surface area contributed by atoms with Crippen molar-refractivity contribution in [1.29, 1.82) is 0 Å². The van der Waals surface area contributed by atoms with E-state index in [9.17, 15) is 0 Å². The molecule has 3 heteroatoms. The summed E-state index contributed by atoms with van der Waals surface area (Å²) < 4.78 is 0. The van der Waals surface area contributed by atoms with E-state index >= 15 is 0 Å². The van der Waals surface area contributed by atoms with Gasteiger partial charge >= 0.3 is 0 Å². The number of aromatic nitrogens is 2. The predicted molar refractivity (Wildman–Crippen MR) is 67.1 cm³/mol. The maximum absolute atomic E-state index is 4.42. The number of nitrogens with zero attached hydrogens (tertiary/aromatic N) is 2. The van der Waals surface area contributed by atoms with E-state index in [1.807, 2.05) is 0 Å². The minimum atomic E-state index is 0.676. The number of fused-ring (bicyclic) bond motifs is 4. The van der Waals surface area contributed by atoms with Crippen LogP contribution in [0.2, 0.25) is 0 Å². The van der Waals surface area contributed by atoms with Crippen LogP contribution in [0.3, 0.4) is 0 Å². The lowest BCUT2D eigenvalue weighted by atomic mass is 9.78. The van der Waals surface area contributed by atoms with Crippen molar-refractivity contribution in [3.63, 3.8) is 0 Å². The van der Waals surface area contributed by atoms with Crippen molar-refractivity contribution >= 4 is 11.0 Å². The van der Waals surface area contributed by atoms with E-state index in [4.69, 9.17) is 0 Å². The SMILES string of the molecule is c1cnc2cc3c(cc2n1)C1CCC3CNC1. The molecule has 1 aliphatic carbocycles. The van der Waals surface area contributed by atoms with Crippen LogP contribution in [0.1, 0.15) is 35.8 Å². The van der Waals surface area contributed by atoms with Crippen LogP contribution >= 0.6 is 0 Å². The molecule has 0 saturated carbocycles. The Kier molecular flexibility index (Phi) is 1.97. The molecule has 1 saturated heterocycles. The van der Waals surface area contributed by atoms with Gasteiger partial charge in [-0.15, -0.1) is 0 Å². The molecule has 1 fully saturated rings. The van der Waals surface area contributed by atoms with Gasteiger partial charge in [0.25, 0.3) is 0 Å². The van der Waals surface area contributed by atoms with Crippen molar-refractivity contribution in [3.05, 3.63) is 35.7 Å². The summed E-state index contributed by atoms with van der Waals surface area (Å²) in [5.74, 6) is 1.35. The van der Waals surface area contributed by atoms with Gasteiger partial charge in [-0.1, -0.05) is 0 Å². The third kappa shape index (κ3) is 1.39. The molecule has 0 spiro atoms. The van der Waals surface area contributed by atoms with E-state index in [1.165, 1.54) is 24.0 Å². The van der Waals surface area contributed by atoms with Gasteiger partial charge < -0.3 is 5.32 Å². The van der Waals surface area contributed by atoms with Crippen molar-refractivity contribution in [3.8, 4) is 0 Å². The van der Waals surface area contributed by atoms with Gasteiger partial charge in [-0.2, -0.15) is 0 Å². The summed E-state index contributed by atoms with van der Waals surface area (Å²) in [6.45, 7) is 2.24. The van der Waals surface area contributed by atoms with Gasteiger partial charge in [0.2, 0.25) is 0 Å². The first kappa shape index (κ1) is 9.54. The smallest absolute Gasteiger partial charge is 0.0889 e. The zero-order valence-corrected chi connectivity index (χ0v) is 9.69. The van der Waals surface area contributed by atoms with Crippen molar-refractivity contribution in [2.75, 3.05) is 13.1 Å². The largest absolute Gasteiger partial charge is 0.316 e. The van der Waals surface area contributed by atoms with E-state index < -0.39 is 0 Å². The Bertz CT molecular complexity index is 524. The summed E-state index contributed by atoms with van der Waals surface area (Å²) in [6.07, 6.45) is 6.19. The van der Waals surface area contributed by atoms with Crippen molar-refractivity contribution in [1.82, 2.24) is 15.3 Å². The Morgan fingerprint density at radius 1 is 0.882 bits per heavy atom.